The molecule has 0 saturated heterocycles. The van der Waals surface area contributed by atoms with Crippen molar-refractivity contribution < 1.29 is 4.42 Å². The lowest BCUT2D eigenvalue weighted by molar-refractivity contribution is 0.669. The van der Waals surface area contributed by atoms with Gasteiger partial charge < -0.3 is 14.2 Å². The van der Waals surface area contributed by atoms with Crippen LogP contribution in [0.5, 0.6) is 0 Å². The lowest BCUT2D eigenvalue weighted by atomic mass is 9.70. The van der Waals surface area contributed by atoms with Crippen LogP contribution < -0.4 is 9.80 Å². The zero-order valence-corrected chi connectivity index (χ0v) is 33.4. The van der Waals surface area contributed by atoms with Gasteiger partial charge in [-0.15, -0.1) is 0 Å². The van der Waals surface area contributed by atoms with Crippen LogP contribution in [0.15, 0.2) is 211 Å². The molecule has 0 amide bonds. The molecular formula is C57H40N2O. The van der Waals surface area contributed by atoms with Gasteiger partial charge in [0.2, 0.25) is 0 Å². The molecule has 0 saturated carbocycles. The number of aryl methyl sites for hydroxylation is 2. The number of rotatable bonds is 6. The Labute approximate surface area is 350 Å². The Bertz CT molecular complexity index is 3170. The van der Waals surface area contributed by atoms with E-state index in [1.165, 1.54) is 55.6 Å². The highest BCUT2D eigenvalue weighted by atomic mass is 16.3. The summed E-state index contributed by atoms with van der Waals surface area (Å²) in [5.74, 6) is 0. The number of fused-ring (bicyclic) bond motifs is 14. The van der Waals surface area contributed by atoms with E-state index in [0.717, 1.165) is 56.1 Å². The number of hydrogen-bond donors (Lipinski definition) is 0. The number of hydrogen-bond acceptors (Lipinski definition) is 3. The third-order valence-electron chi connectivity index (χ3n) is 12.7. The van der Waals surface area contributed by atoms with Gasteiger partial charge in [-0.2, -0.15) is 0 Å². The molecule has 0 radical (unpaired) electrons. The van der Waals surface area contributed by atoms with Gasteiger partial charge in [-0.1, -0.05) is 127 Å². The molecule has 10 aromatic rings. The molecule has 1 spiro atoms. The van der Waals surface area contributed by atoms with Crippen molar-refractivity contribution >= 4 is 56.1 Å². The fourth-order valence-electron chi connectivity index (χ4n) is 10.3. The molecule has 0 unspecified atom stereocenters. The van der Waals surface area contributed by atoms with Gasteiger partial charge in [-0.25, -0.2) is 0 Å². The summed E-state index contributed by atoms with van der Waals surface area (Å²) in [4.78, 5) is 4.79. The third-order valence-corrected chi connectivity index (χ3v) is 12.7. The van der Waals surface area contributed by atoms with E-state index in [0.29, 0.717) is 0 Å². The van der Waals surface area contributed by atoms with Gasteiger partial charge in [0.25, 0.3) is 0 Å². The highest BCUT2D eigenvalue weighted by Gasteiger charge is 2.53. The average Bonchev–Trinajstić information content (AvgIpc) is 3.91. The number of benzene rings is 9. The molecule has 0 N–H and O–H groups in total. The maximum atomic E-state index is 6.89. The summed E-state index contributed by atoms with van der Waals surface area (Å²) in [6.07, 6.45) is 0. The first kappa shape index (κ1) is 34.4. The van der Waals surface area contributed by atoms with Crippen LogP contribution in [0.4, 0.5) is 34.1 Å². The zero-order chi connectivity index (χ0) is 40.0. The molecule has 1 heterocycles. The molecule has 2 aliphatic rings. The smallest absolute Gasteiger partial charge is 0.143 e. The van der Waals surface area contributed by atoms with Crippen LogP contribution in [-0.4, -0.2) is 0 Å². The predicted molar refractivity (Wildman–Crippen MR) is 249 cm³/mol. The Balaban J connectivity index is 1.18. The van der Waals surface area contributed by atoms with E-state index in [9.17, 15) is 0 Å². The highest BCUT2D eigenvalue weighted by molar-refractivity contribution is 6.13. The van der Waals surface area contributed by atoms with Crippen LogP contribution >= 0.6 is 0 Å². The van der Waals surface area contributed by atoms with Gasteiger partial charge in [0.1, 0.15) is 11.2 Å². The fraction of sp³-hybridized carbons (Fsp3) is 0.0526. The minimum atomic E-state index is -0.639. The minimum Gasteiger partial charge on any atom is -0.455 e. The number of anilines is 6. The van der Waals surface area contributed by atoms with Crippen LogP contribution in [0, 0.1) is 13.8 Å². The van der Waals surface area contributed by atoms with E-state index in [4.69, 9.17) is 4.42 Å². The van der Waals surface area contributed by atoms with Crippen LogP contribution in [0.1, 0.15) is 33.4 Å². The fourth-order valence-corrected chi connectivity index (χ4v) is 10.3. The first-order valence-electron chi connectivity index (χ1n) is 20.8. The molecule has 3 heteroatoms. The van der Waals surface area contributed by atoms with E-state index in [1.807, 2.05) is 0 Å². The van der Waals surface area contributed by atoms with Gasteiger partial charge in [0, 0.05) is 50.5 Å². The SMILES string of the molecule is Cc1cccc(N(c2ccccc2)c2ccc3c(c2)C2(c4cc(N(c5ccccc5)c5cccc(C)c5)ccc4-3)c3ccccc3-c3c2ccc2c3oc3ccccc32)c1. The molecule has 0 fully saturated rings. The molecule has 12 rings (SSSR count). The van der Waals surface area contributed by atoms with Crippen molar-refractivity contribution in [1.82, 2.24) is 0 Å². The van der Waals surface area contributed by atoms with Crippen molar-refractivity contribution in [2.24, 2.45) is 0 Å². The largest absolute Gasteiger partial charge is 0.455 e. The Morgan fingerprint density at radius 2 is 0.867 bits per heavy atom. The van der Waals surface area contributed by atoms with Gasteiger partial charge >= 0.3 is 0 Å². The lowest BCUT2D eigenvalue weighted by Gasteiger charge is -2.33. The van der Waals surface area contributed by atoms with Crippen molar-refractivity contribution in [3.8, 4) is 22.3 Å². The average molecular weight is 769 g/mol. The quantitative estimate of drug-likeness (QED) is 0.168. The van der Waals surface area contributed by atoms with Gasteiger partial charge in [0.15, 0.2) is 0 Å². The van der Waals surface area contributed by atoms with Crippen LogP contribution in [0.3, 0.4) is 0 Å². The summed E-state index contributed by atoms with van der Waals surface area (Å²) in [5.41, 5.74) is 20.3. The Hall–Kier alpha value is -7.62. The molecule has 0 bridgehead atoms. The monoisotopic (exact) mass is 768 g/mol. The number of furan rings is 1. The van der Waals surface area contributed by atoms with E-state index < -0.39 is 5.41 Å². The standard InChI is InChI=1S/C57H40N2O/c1-37-15-13-21-41(33-37)58(39-17-5-3-6-18-39)43-27-29-45-46-30-28-44(59(40-19-7-4-8-20-40)42-22-14-16-38(2)34-42)36-53(46)57(52(45)35-43)50-25-11-9-24-49(50)55-51(57)32-31-48-47-23-10-12-26-54(47)60-56(48)55/h3-36H,1-2H3. The molecular weight excluding hydrogens is 729 g/mol. The summed E-state index contributed by atoms with van der Waals surface area (Å²) in [7, 11) is 0. The first-order chi connectivity index (χ1) is 29.6. The maximum absolute atomic E-state index is 6.89. The number of nitrogens with zero attached hydrogens (tertiary/aromatic N) is 2. The summed E-state index contributed by atoms with van der Waals surface area (Å²) < 4.78 is 6.89. The Kier molecular flexibility index (Phi) is 7.58. The highest BCUT2D eigenvalue weighted by Crippen LogP contribution is 2.65. The van der Waals surface area contributed by atoms with Crippen molar-refractivity contribution in [1.29, 1.82) is 0 Å². The van der Waals surface area contributed by atoms with E-state index in [2.05, 4.69) is 230 Å². The second kappa shape index (κ2) is 13.2. The molecule has 9 aromatic carbocycles. The minimum absolute atomic E-state index is 0.639. The molecule has 0 aliphatic heterocycles. The van der Waals surface area contributed by atoms with Gasteiger partial charge in [-0.05, 0) is 143 Å². The summed E-state index contributed by atoms with van der Waals surface area (Å²) >= 11 is 0. The lowest BCUT2D eigenvalue weighted by Crippen LogP contribution is -2.26. The Morgan fingerprint density at radius 3 is 1.47 bits per heavy atom. The van der Waals surface area contributed by atoms with Crippen molar-refractivity contribution in [2.45, 2.75) is 19.3 Å². The second-order valence-electron chi connectivity index (χ2n) is 16.2. The van der Waals surface area contributed by atoms with Crippen LogP contribution in [-0.2, 0) is 5.41 Å². The van der Waals surface area contributed by atoms with Crippen LogP contribution in [0.25, 0.3) is 44.2 Å². The van der Waals surface area contributed by atoms with E-state index in [-0.39, 0.29) is 0 Å². The first-order valence-corrected chi connectivity index (χ1v) is 20.8. The molecule has 1 aromatic heterocycles. The maximum Gasteiger partial charge on any atom is 0.143 e. The topological polar surface area (TPSA) is 19.6 Å². The van der Waals surface area contributed by atoms with Crippen molar-refractivity contribution in [3.05, 3.63) is 240 Å². The summed E-state index contributed by atoms with van der Waals surface area (Å²) in [6, 6.07) is 75.5. The van der Waals surface area contributed by atoms with Crippen molar-refractivity contribution in [3.63, 3.8) is 0 Å². The Morgan fingerprint density at radius 1 is 0.350 bits per heavy atom. The second-order valence-corrected chi connectivity index (χ2v) is 16.2. The molecule has 284 valence electrons. The molecule has 3 nitrogen and oxygen atoms in total. The van der Waals surface area contributed by atoms with Crippen LogP contribution in [0.2, 0.25) is 0 Å². The zero-order valence-electron chi connectivity index (χ0n) is 33.4. The van der Waals surface area contributed by atoms with Gasteiger partial charge in [0.05, 0.1) is 5.41 Å². The molecule has 0 atom stereocenters. The predicted octanol–water partition coefficient (Wildman–Crippen LogP) is 15.5. The molecule has 60 heavy (non-hydrogen) atoms. The van der Waals surface area contributed by atoms with Gasteiger partial charge in [-0.3, -0.25) is 0 Å². The normalized spacial score (nSPS) is 13.0. The summed E-state index contributed by atoms with van der Waals surface area (Å²) in [5, 5.41) is 2.28. The van der Waals surface area contributed by atoms with Crippen molar-refractivity contribution in [2.75, 3.05) is 9.80 Å². The molecule has 2 aliphatic carbocycles. The third kappa shape index (κ3) is 4.96. The summed E-state index contributed by atoms with van der Waals surface area (Å²) in [6.45, 7) is 4.33. The van der Waals surface area contributed by atoms with E-state index in [1.54, 1.807) is 0 Å². The number of para-hydroxylation sites is 3. The van der Waals surface area contributed by atoms with E-state index >= 15 is 0 Å².